The van der Waals surface area contributed by atoms with Gasteiger partial charge in [0.25, 0.3) is 12.9 Å². The second kappa shape index (κ2) is 4.55. The quantitative estimate of drug-likeness (QED) is 0.409. The highest BCUT2D eigenvalue weighted by Crippen LogP contribution is 2.01. The van der Waals surface area contributed by atoms with Crippen LogP contribution in [0.25, 0.3) is 0 Å². The monoisotopic (exact) mass is 144 g/mol. The summed E-state index contributed by atoms with van der Waals surface area (Å²) in [6.45, 7) is 5.36. The van der Waals surface area contributed by atoms with E-state index >= 15 is 0 Å². The van der Waals surface area contributed by atoms with Crippen molar-refractivity contribution in [1.29, 1.82) is 0 Å². The Kier molecular flexibility index (Phi) is 3.95. The maximum atomic E-state index is 9.72. The van der Waals surface area contributed by atoms with E-state index in [2.05, 4.69) is 16.1 Å². The van der Waals surface area contributed by atoms with Gasteiger partial charge in [0.05, 0.1) is 0 Å². The second-order valence-corrected chi connectivity index (χ2v) is 1.55. The molecule has 0 aromatic rings. The molecule has 0 N–H and O–H groups in total. The third-order valence-corrected chi connectivity index (χ3v) is 0.913. The maximum absolute atomic E-state index is 9.72. The number of carbonyl (C=O) groups is 2. The molecule has 0 aromatic heterocycles. The van der Waals surface area contributed by atoms with Crippen molar-refractivity contribution in [3.63, 3.8) is 0 Å². The molecule has 4 nitrogen and oxygen atoms in total. The molecule has 0 radical (unpaired) electrons. The summed E-state index contributed by atoms with van der Waals surface area (Å²) in [5, 5.41) is 0. The lowest BCUT2D eigenvalue weighted by molar-refractivity contribution is -0.136. The summed E-state index contributed by atoms with van der Waals surface area (Å²) in [4.78, 5) is 19.4. The standard InChI is InChI=1S/C6H8O4/c1-5(9-3-7)6(2)10-4-8/h3-4,6H,1H2,2H3. The van der Waals surface area contributed by atoms with Crippen LogP contribution in [0.4, 0.5) is 0 Å². The Bertz CT molecular complexity index is 141. The average molecular weight is 144 g/mol. The van der Waals surface area contributed by atoms with Crippen LogP contribution in [0.15, 0.2) is 12.3 Å². The molecule has 10 heavy (non-hydrogen) atoms. The van der Waals surface area contributed by atoms with Crippen LogP contribution in [0.2, 0.25) is 0 Å². The number of ether oxygens (including phenoxy) is 2. The molecule has 0 spiro atoms. The van der Waals surface area contributed by atoms with E-state index in [1.807, 2.05) is 0 Å². The highest BCUT2D eigenvalue weighted by atomic mass is 16.6. The Balaban J connectivity index is 3.68. The fourth-order valence-corrected chi connectivity index (χ4v) is 0.317. The van der Waals surface area contributed by atoms with Gasteiger partial charge in [0.1, 0.15) is 5.76 Å². The van der Waals surface area contributed by atoms with Gasteiger partial charge >= 0.3 is 0 Å². The van der Waals surface area contributed by atoms with Crippen LogP contribution in [0.5, 0.6) is 0 Å². The predicted molar refractivity (Wildman–Crippen MR) is 32.9 cm³/mol. The molecule has 0 heterocycles. The summed E-state index contributed by atoms with van der Waals surface area (Å²) < 4.78 is 8.69. The van der Waals surface area contributed by atoms with E-state index in [9.17, 15) is 9.59 Å². The summed E-state index contributed by atoms with van der Waals surface area (Å²) in [5.41, 5.74) is 0. The molecule has 0 fully saturated rings. The SMILES string of the molecule is C=C(OC=O)C(C)OC=O. The van der Waals surface area contributed by atoms with E-state index in [1.165, 1.54) is 0 Å². The molecular formula is C6H8O4. The Labute approximate surface area is 58.4 Å². The third kappa shape index (κ3) is 2.86. The number of carbonyl (C=O) groups excluding carboxylic acids is 2. The van der Waals surface area contributed by atoms with Crippen LogP contribution >= 0.6 is 0 Å². The molecule has 0 rings (SSSR count). The van der Waals surface area contributed by atoms with Gasteiger partial charge in [0.15, 0.2) is 6.10 Å². The minimum Gasteiger partial charge on any atom is -0.457 e. The van der Waals surface area contributed by atoms with Gasteiger partial charge < -0.3 is 9.47 Å². The zero-order valence-electron chi connectivity index (χ0n) is 5.57. The summed E-state index contributed by atoms with van der Waals surface area (Å²) in [6.07, 6.45) is -0.581. The van der Waals surface area contributed by atoms with Gasteiger partial charge in [-0.3, -0.25) is 9.59 Å². The topological polar surface area (TPSA) is 52.6 Å². The van der Waals surface area contributed by atoms with Crippen LogP contribution < -0.4 is 0 Å². The normalized spacial score (nSPS) is 11.3. The van der Waals surface area contributed by atoms with E-state index in [4.69, 9.17) is 0 Å². The zero-order chi connectivity index (χ0) is 7.98. The van der Waals surface area contributed by atoms with Crippen molar-refractivity contribution in [2.24, 2.45) is 0 Å². The minimum absolute atomic E-state index is 0.113. The van der Waals surface area contributed by atoms with Crippen LogP contribution in [0.3, 0.4) is 0 Å². The summed E-state index contributed by atoms with van der Waals surface area (Å²) in [6, 6.07) is 0. The number of hydrogen-bond acceptors (Lipinski definition) is 4. The van der Waals surface area contributed by atoms with Crippen LogP contribution in [-0.2, 0) is 19.1 Å². The van der Waals surface area contributed by atoms with Crippen LogP contribution in [0.1, 0.15) is 6.92 Å². The van der Waals surface area contributed by atoms with E-state index < -0.39 is 6.10 Å². The summed E-state index contributed by atoms with van der Waals surface area (Å²) in [5.74, 6) is 0.113. The van der Waals surface area contributed by atoms with Crippen molar-refractivity contribution in [3.05, 3.63) is 12.3 Å². The van der Waals surface area contributed by atoms with Gasteiger partial charge in [-0.1, -0.05) is 6.58 Å². The Morgan fingerprint density at radius 1 is 1.50 bits per heavy atom. The second-order valence-electron chi connectivity index (χ2n) is 1.55. The molecule has 0 saturated heterocycles. The van der Waals surface area contributed by atoms with Gasteiger partial charge in [0, 0.05) is 0 Å². The lowest BCUT2D eigenvalue weighted by Gasteiger charge is -2.08. The Morgan fingerprint density at radius 3 is 2.50 bits per heavy atom. The number of rotatable bonds is 5. The number of hydrogen-bond donors (Lipinski definition) is 0. The largest absolute Gasteiger partial charge is 0.457 e. The fourth-order valence-electron chi connectivity index (χ4n) is 0.317. The minimum atomic E-state index is -0.581. The molecule has 0 bridgehead atoms. The van der Waals surface area contributed by atoms with Crippen LogP contribution in [0, 0.1) is 0 Å². The molecular weight excluding hydrogens is 136 g/mol. The fraction of sp³-hybridized carbons (Fsp3) is 0.333. The molecule has 0 aliphatic rings. The van der Waals surface area contributed by atoms with E-state index in [-0.39, 0.29) is 18.7 Å². The van der Waals surface area contributed by atoms with Gasteiger partial charge in [-0.25, -0.2) is 0 Å². The Hall–Kier alpha value is -1.32. The van der Waals surface area contributed by atoms with E-state index in [0.29, 0.717) is 0 Å². The molecule has 4 heteroatoms. The lowest BCUT2D eigenvalue weighted by Crippen LogP contribution is -2.11. The molecule has 0 aliphatic carbocycles. The van der Waals surface area contributed by atoms with Crippen molar-refractivity contribution < 1.29 is 19.1 Å². The predicted octanol–water partition coefficient (Wildman–Crippen LogP) is 0.235. The smallest absolute Gasteiger partial charge is 0.298 e. The first-order chi connectivity index (χ1) is 4.72. The summed E-state index contributed by atoms with van der Waals surface area (Å²) in [7, 11) is 0. The lowest BCUT2D eigenvalue weighted by atomic mass is 10.3. The van der Waals surface area contributed by atoms with Crippen LogP contribution in [-0.4, -0.2) is 19.0 Å². The van der Waals surface area contributed by atoms with E-state index in [0.717, 1.165) is 0 Å². The highest BCUT2D eigenvalue weighted by Gasteiger charge is 2.06. The van der Waals surface area contributed by atoms with Crippen molar-refractivity contribution in [3.8, 4) is 0 Å². The first kappa shape index (κ1) is 8.68. The molecule has 0 saturated carbocycles. The van der Waals surface area contributed by atoms with Gasteiger partial charge in [-0.15, -0.1) is 0 Å². The van der Waals surface area contributed by atoms with Crippen molar-refractivity contribution in [1.82, 2.24) is 0 Å². The van der Waals surface area contributed by atoms with Gasteiger partial charge in [-0.2, -0.15) is 0 Å². The highest BCUT2D eigenvalue weighted by molar-refractivity contribution is 5.41. The van der Waals surface area contributed by atoms with Gasteiger partial charge in [-0.05, 0) is 6.92 Å². The first-order valence-electron chi connectivity index (χ1n) is 2.60. The van der Waals surface area contributed by atoms with Crippen molar-refractivity contribution >= 4 is 12.9 Å². The zero-order valence-corrected chi connectivity index (χ0v) is 5.57. The van der Waals surface area contributed by atoms with Crippen molar-refractivity contribution in [2.75, 3.05) is 0 Å². The maximum Gasteiger partial charge on any atom is 0.298 e. The molecule has 56 valence electrons. The Morgan fingerprint density at radius 2 is 2.10 bits per heavy atom. The molecule has 0 amide bonds. The van der Waals surface area contributed by atoms with Crippen molar-refractivity contribution in [2.45, 2.75) is 13.0 Å². The van der Waals surface area contributed by atoms with E-state index in [1.54, 1.807) is 6.92 Å². The van der Waals surface area contributed by atoms with Gasteiger partial charge in [0.2, 0.25) is 0 Å². The molecule has 0 aliphatic heterocycles. The third-order valence-electron chi connectivity index (χ3n) is 0.913. The molecule has 0 aromatic carbocycles. The molecule has 1 atom stereocenters. The summed E-state index contributed by atoms with van der Waals surface area (Å²) >= 11 is 0. The first-order valence-corrected chi connectivity index (χ1v) is 2.60. The molecule has 1 unspecified atom stereocenters. The average Bonchev–Trinajstić information content (AvgIpc) is 1.89.